The van der Waals surface area contributed by atoms with E-state index in [-0.39, 0.29) is 11.9 Å². The van der Waals surface area contributed by atoms with Crippen LogP contribution in [0, 0.1) is 5.82 Å². The fourth-order valence-electron chi connectivity index (χ4n) is 1.57. The number of nitrogens with two attached hydrogens (primary N) is 1. The maximum absolute atomic E-state index is 12.8. The lowest BCUT2D eigenvalue weighted by molar-refractivity contribution is 0.616. The zero-order valence-corrected chi connectivity index (χ0v) is 10.9. The van der Waals surface area contributed by atoms with E-state index >= 15 is 0 Å². The molecule has 0 fully saturated rings. The minimum Gasteiger partial charge on any atom is -0.271 e. The third-order valence-electron chi connectivity index (χ3n) is 2.36. The van der Waals surface area contributed by atoms with Crippen LogP contribution in [0.2, 0.25) is 8.67 Å². The molecule has 17 heavy (non-hydrogen) atoms. The monoisotopic (exact) mass is 290 g/mol. The number of hydrogen-bond donors (Lipinski definition) is 2. The number of halogens is 3. The first-order valence-electron chi connectivity index (χ1n) is 4.78. The first-order valence-corrected chi connectivity index (χ1v) is 6.35. The van der Waals surface area contributed by atoms with Crippen LogP contribution in [-0.2, 0) is 0 Å². The Labute approximate surface area is 112 Å². The second kappa shape index (κ2) is 5.33. The Hall–Kier alpha value is -0.650. The number of hydrogen-bond acceptors (Lipinski definition) is 3. The number of nitrogens with one attached hydrogen (secondary N) is 1. The van der Waals surface area contributed by atoms with Crippen molar-refractivity contribution < 1.29 is 4.39 Å². The van der Waals surface area contributed by atoms with Gasteiger partial charge >= 0.3 is 0 Å². The summed E-state index contributed by atoms with van der Waals surface area (Å²) in [7, 11) is 0. The molecule has 1 heterocycles. The van der Waals surface area contributed by atoms with Gasteiger partial charge in [-0.1, -0.05) is 35.3 Å². The van der Waals surface area contributed by atoms with Crippen molar-refractivity contribution >= 4 is 34.5 Å². The highest BCUT2D eigenvalue weighted by Gasteiger charge is 2.18. The Bertz CT molecular complexity index is 513. The van der Waals surface area contributed by atoms with Crippen molar-refractivity contribution in [1.82, 2.24) is 5.43 Å². The maximum Gasteiger partial charge on any atom is 0.123 e. The fraction of sp³-hybridized carbons (Fsp3) is 0.0909. The van der Waals surface area contributed by atoms with Crippen molar-refractivity contribution in [3.8, 4) is 0 Å². The highest BCUT2D eigenvalue weighted by atomic mass is 35.5. The van der Waals surface area contributed by atoms with Gasteiger partial charge in [0, 0.05) is 5.56 Å². The van der Waals surface area contributed by atoms with Crippen LogP contribution in [-0.4, -0.2) is 0 Å². The summed E-state index contributed by atoms with van der Waals surface area (Å²) in [6.45, 7) is 0. The lowest BCUT2D eigenvalue weighted by Crippen LogP contribution is -2.28. The van der Waals surface area contributed by atoms with Crippen molar-refractivity contribution in [3.63, 3.8) is 0 Å². The molecule has 0 spiro atoms. The second-order valence-electron chi connectivity index (χ2n) is 3.43. The van der Waals surface area contributed by atoms with Crippen LogP contribution in [0.15, 0.2) is 30.3 Å². The Morgan fingerprint density at radius 2 is 1.88 bits per heavy atom. The van der Waals surface area contributed by atoms with E-state index < -0.39 is 0 Å². The van der Waals surface area contributed by atoms with Gasteiger partial charge in [-0.3, -0.25) is 5.84 Å². The van der Waals surface area contributed by atoms with Crippen molar-refractivity contribution in [1.29, 1.82) is 0 Å². The normalized spacial score (nSPS) is 12.7. The molecule has 0 aliphatic rings. The van der Waals surface area contributed by atoms with Gasteiger partial charge in [-0.2, -0.15) is 0 Å². The summed E-state index contributed by atoms with van der Waals surface area (Å²) in [6, 6.07) is 7.52. The number of hydrazine groups is 1. The molecule has 1 atom stereocenters. The smallest absolute Gasteiger partial charge is 0.123 e. The second-order valence-corrected chi connectivity index (χ2v) is 5.72. The SMILES string of the molecule is NNC(c1ccc(F)cc1)c1cc(Cl)sc1Cl. The molecule has 0 bridgehead atoms. The Kier molecular flexibility index (Phi) is 4.01. The van der Waals surface area contributed by atoms with Crippen LogP contribution in [0.25, 0.3) is 0 Å². The lowest BCUT2D eigenvalue weighted by atomic mass is 10.0. The van der Waals surface area contributed by atoms with Crippen LogP contribution in [0.5, 0.6) is 0 Å². The highest BCUT2D eigenvalue weighted by Crippen LogP contribution is 2.37. The van der Waals surface area contributed by atoms with Crippen molar-refractivity contribution in [2.24, 2.45) is 5.84 Å². The van der Waals surface area contributed by atoms with Gasteiger partial charge in [0.15, 0.2) is 0 Å². The van der Waals surface area contributed by atoms with E-state index in [4.69, 9.17) is 29.0 Å². The summed E-state index contributed by atoms with van der Waals surface area (Å²) in [6.07, 6.45) is 0. The van der Waals surface area contributed by atoms with Crippen LogP contribution >= 0.6 is 34.5 Å². The molecule has 1 aromatic heterocycles. The molecule has 0 aliphatic carbocycles. The highest BCUT2D eigenvalue weighted by molar-refractivity contribution is 7.20. The van der Waals surface area contributed by atoms with E-state index in [9.17, 15) is 4.39 Å². The summed E-state index contributed by atoms with van der Waals surface area (Å²) in [5, 5.41) is 0. The summed E-state index contributed by atoms with van der Waals surface area (Å²) in [5.41, 5.74) is 4.26. The molecule has 0 saturated carbocycles. The molecule has 1 aromatic carbocycles. The van der Waals surface area contributed by atoms with Gasteiger partial charge in [-0.25, -0.2) is 9.82 Å². The first kappa shape index (κ1) is 12.8. The summed E-state index contributed by atoms with van der Waals surface area (Å²) < 4.78 is 14.0. The molecule has 0 radical (unpaired) electrons. The van der Waals surface area contributed by atoms with Crippen LogP contribution in [0.3, 0.4) is 0 Å². The molecule has 2 nitrogen and oxygen atoms in total. The quantitative estimate of drug-likeness (QED) is 0.667. The van der Waals surface area contributed by atoms with E-state index in [1.54, 1.807) is 18.2 Å². The molecule has 0 saturated heterocycles. The molecule has 6 heteroatoms. The summed E-state index contributed by atoms with van der Waals surface area (Å²) in [5.74, 6) is 5.22. The Morgan fingerprint density at radius 1 is 1.24 bits per heavy atom. The minimum absolute atomic E-state index is 0.293. The average molecular weight is 291 g/mol. The topological polar surface area (TPSA) is 38.0 Å². The zero-order chi connectivity index (χ0) is 12.4. The van der Waals surface area contributed by atoms with Gasteiger partial charge in [-0.15, -0.1) is 11.3 Å². The number of thiophene rings is 1. The van der Waals surface area contributed by atoms with Gasteiger partial charge in [0.05, 0.1) is 14.7 Å². The lowest BCUT2D eigenvalue weighted by Gasteiger charge is -2.15. The van der Waals surface area contributed by atoms with Gasteiger partial charge in [0.25, 0.3) is 0 Å². The molecule has 3 N–H and O–H groups in total. The Morgan fingerprint density at radius 3 is 2.35 bits per heavy atom. The van der Waals surface area contributed by atoms with E-state index in [0.717, 1.165) is 11.1 Å². The molecule has 2 aromatic rings. The van der Waals surface area contributed by atoms with Gasteiger partial charge in [-0.05, 0) is 23.8 Å². The van der Waals surface area contributed by atoms with Gasteiger partial charge in [0.2, 0.25) is 0 Å². The zero-order valence-electron chi connectivity index (χ0n) is 8.58. The largest absolute Gasteiger partial charge is 0.271 e. The van der Waals surface area contributed by atoms with Crippen molar-refractivity contribution in [2.75, 3.05) is 0 Å². The molecule has 0 aliphatic heterocycles. The fourth-order valence-corrected chi connectivity index (χ4v) is 3.10. The summed E-state index contributed by atoms with van der Waals surface area (Å²) in [4.78, 5) is 0. The number of benzene rings is 1. The first-order chi connectivity index (χ1) is 8.11. The summed E-state index contributed by atoms with van der Waals surface area (Å²) >= 11 is 13.2. The average Bonchev–Trinajstić information content (AvgIpc) is 2.62. The predicted octanol–water partition coefficient (Wildman–Crippen LogP) is 3.75. The molecule has 1 unspecified atom stereocenters. The van der Waals surface area contributed by atoms with Crippen LogP contribution < -0.4 is 11.3 Å². The Balaban J connectivity index is 2.39. The van der Waals surface area contributed by atoms with E-state index in [1.807, 2.05) is 0 Å². The maximum atomic E-state index is 12.8. The third-order valence-corrected chi connectivity index (χ3v) is 3.88. The van der Waals surface area contributed by atoms with E-state index in [0.29, 0.717) is 8.67 Å². The van der Waals surface area contributed by atoms with Crippen LogP contribution in [0.4, 0.5) is 4.39 Å². The predicted molar refractivity (Wildman–Crippen MR) is 69.9 cm³/mol. The molecule has 90 valence electrons. The number of rotatable bonds is 3. The molecular weight excluding hydrogens is 282 g/mol. The van der Waals surface area contributed by atoms with Gasteiger partial charge < -0.3 is 0 Å². The van der Waals surface area contributed by atoms with Gasteiger partial charge in [0.1, 0.15) is 5.82 Å². The van der Waals surface area contributed by atoms with E-state index in [1.165, 1.54) is 23.5 Å². The molecular formula is C11H9Cl2FN2S. The third kappa shape index (κ3) is 2.78. The van der Waals surface area contributed by atoms with E-state index in [2.05, 4.69) is 5.43 Å². The van der Waals surface area contributed by atoms with Crippen molar-refractivity contribution in [3.05, 3.63) is 55.9 Å². The van der Waals surface area contributed by atoms with Crippen molar-refractivity contribution in [2.45, 2.75) is 6.04 Å². The minimum atomic E-state index is -0.299. The van der Waals surface area contributed by atoms with Crippen LogP contribution in [0.1, 0.15) is 17.2 Å². The standard InChI is InChI=1S/C11H9Cl2FN2S/c12-9-5-8(11(13)17-9)10(16-15)6-1-3-7(14)4-2-6/h1-5,10,16H,15H2. The molecule has 0 amide bonds. The molecule has 2 rings (SSSR count).